The highest BCUT2D eigenvalue weighted by Gasteiger charge is 2.19. The summed E-state index contributed by atoms with van der Waals surface area (Å²) in [7, 11) is 0. The Hall–Kier alpha value is -7.26. The molecule has 0 aliphatic heterocycles. The smallest absolute Gasteiger partial charge is 0.0540 e. The highest BCUT2D eigenvalue weighted by molar-refractivity contribution is 7.25. The first-order valence-corrected chi connectivity index (χ1v) is 20.6. The van der Waals surface area contributed by atoms with Gasteiger partial charge in [-0.3, -0.25) is 0 Å². The monoisotopic (exact) mass is 755 g/mol. The number of hydrogen-bond acceptors (Lipinski definition) is 2. The maximum atomic E-state index is 2.41. The Kier molecular flexibility index (Phi) is 8.42. The molecule has 0 saturated carbocycles. The highest BCUT2D eigenvalue weighted by Crippen LogP contribution is 2.45. The molecule has 272 valence electrons. The van der Waals surface area contributed by atoms with E-state index in [1.807, 2.05) is 11.3 Å². The Morgan fingerprint density at radius 3 is 1.66 bits per heavy atom. The maximum absolute atomic E-state index is 2.41. The van der Waals surface area contributed by atoms with Crippen molar-refractivity contribution in [2.24, 2.45) is 0 Å². The number of anilines is 3. The van der Waals surface area contributed by atoms with Crippen molar-refractivity contribution < 1.29 is 0 Å². The molecule has 58 heavy (non-hydrogen) atoms. The summed E-state index contributed by atoms with van der Waals surface area (Å²) in [6.45, 7) is 0. The highest BCUT2D eigenvalue weighted by atomic mass is 32.1. The first-order valence-electron chi connectivity index (χ1n) is 19.8. The molecule has 1 nitrogen and oxygen atoms in total. The van der Waals surface area contributed by atoms with Gasteiger partial charge in [0.1, 0.15) is 0 Å². The quantitative estimate of drug-likeness (QED) is 0.157. The minimum Gasteiger partial charge on any atom is -0.310 e. The molecule has 0 atom stereocenters. The van der Waals surface area contributed by atoms with Crippen LogP contribution in [0.4, 0.5) is 17.1 Å². The molecule has 11 aromatic rings. The Balaban J connectivity index is 1.02. The topological polar surface area (TPSA) is 3.24 Å². The fourth-order valence-electron chi connectivity index (χ4n) is 8.64. The van der Waals surface area contributed by atoms with Crippen LogP contribution in [0.25, 0.3) is 86.2 Å². The molecule has 0 N–H and O–H groups in total. The Bertz CT molecular complexity index is 3280. The van der Waals surface area contributed by atoms with Crippen molar-refractivity contribution in [1.82, 2.24) is 0 Å². The lowest BCUT2D eigenvalue weighted by molar-refractivity contribution is 1.28. The van der Waals surface area contributed by atoms with E-state index in [1.165, 1.54) is 86.2 Å². The van der Waals surface area contributed by atoms with Gasteiger partial charge in [-0.15, -0.1) is 11.3 Å². The van der Waals surface area contributed by atoms with Gasteiger partial charge in [-0.2, -0.15) is 0 Å². The first kappa shape index (κ1) is 34.0. The molecule has 0 aliphatic carbocycles. The zero-order chi connectivity index (χ0) is 38.4. The van der Waals surface area contributed by atoms with Crippen LogP contribution in [0.5, 0.6) is 0 Å². The third-order valence-electron chi connectivity index (χ3n) is 11.5. The van der Waals surface area contributed by atoms with Crippen LogP contribution < -0.4 is 4.90 Å². The van der Waals surface area contributed by atoms with Gasteiger partial charge in [0.25, 0.3) is 0 Å². The minimum atomic E-state index is 1.10. The summed E-state index contributed by atoms with van der Waals surface area (Å²) in [5.74, 6) is 0. The second-order valence-corrected chi connectivity index (χ2v) is 16.0. The molecule has 0 unspecified atom stereocenters. The molecule has 1 heterocycles. The molecule has 0 spiro atoms. The normalized spacial score (nSPS) is 11.4. The number of rotatable bonds is 7. The van der Waals surface area contributed by atoms with Crippen LogP contribution in [0.2, 0.25) is 0 Å². The summed E-state index contributed by atoms with van der Waals surface area (Å²) in [6.07, 6.45) is 0. The molecule has 0 aliphatic rings. The Morgan fingerprint density at radius 1 is 0.293 bits per heavy atom. The van der Waals surface area contributed by atoms with E-state index < -0.39 is 0 Å². The standard InChI is InChI=1S/C56H37NS/c1-2-14-42-37-45(27-26-38(42)12-1)44-17-9-16-43(36-44)39-28-32-46(33-29-39)57(53-23-7-5-19-51(53)50-22-10-15-40-13-3-4-18-48(40)50)47-34-30-41(31-35-47)49-21-11-25-55-56(49)52-20-6-8-24-54(52)58-55/h1-37H. The van der Waals surface area contributed by atoms with Crippen LogP contribution in [0.3, 0.4) is 0 Å². The Labute approximate surface area is 342 Å². The van der Waals surface area contributed by atoms with Crippen LogP contribution in [-0.2, 0) is 0 Å². The minimum absolute atomic E-state index is 1.10. The average molecular weight is 756 g/mol. The predicted octanol–water partition coefficient (Wildman–Crippen LogP) is 16.5. The van der Waals surface area contributed by atoms with E-state index in [0.29, 0.717) is 0 Å². The van der Waals surface area contributed by atoms with Gasteiger partial charge >= 0.3 is 0 Å². The summed E-state index contributed by atoms with van der Waals surface area (Å²) in [6, 6.07) is 81.9. The summed E-state index contributed by atoms with van der Waals surface area (Å²) >= 11 is 1.86. The summed E-state index contributed by atoms with van der Waals surface area (Å²) in [5, 5.41) is 7.63. The molecular weight excluding hydrogens is 719 g/mol. The lowest BCUT2D eigenvalue weighted by Crippen LogP contribution is -2.11. The lowest BCUT2D eigenvalue weighted by Gasteiger charge is -2.28. The summed E-state index contributed by atoms with van der Waals surface area (Å²) in [5.41, 5.74) is 13.0. The van der Waals surface area contributed by atoms with E-state index in [0.717, 1.165) is 17.1 Å². The molecule has 10 aromatic carbocycles. The van der Waals surface area contributed by atoms with Gasteiger partial charge in [0, 0.05) is 37.1 Å². The van der Waals surface area contributed by atoms with Crippen LogP contribution >= 0.6 is 11.3 Å². The summed E-state index contributed by atoms with van der Waals surface area (Å²) in [4.78, 5) is 2.41. The molecular formula is C56H37NS. The van der Waals surface area contributed by atoms with Gasteiger partial charge in [0.05, 0.1) is 5.69 Å². The van der Waals surface area contributed by atoms with Crippen LogP contribution in [-0.4, -0.2) is 0 Å². The zero-order valence-electron chi connectivity index (χ0n) is 31.7. The van der Waals surface area contributed by atoms with Crippen molar-refractivity contribution in [3.05, 3.63) is 224 Å². The van der Waals surface area contributed by atoms with Gasteiger partial charge in [-0.05, 0) is 115 Å². The number of nitrogens with zero attached hydrogens (tertiary/aromatic N) is 1. The zero-order valence-corrected chi connectivity index (χ0v) is 32.5. The SMILES string of the molecule is c1cc(-c2ccc(N(c3ccc(-c4cccc5sc6ccccc6c45)cc3)c3ccccc3-c3cccc4ccccc34)cc2)cc(-c2ccc3ccccc3c2)c1. The van der Waals surface area contributed by atoms with Crippen molar-refractivity contribution in [1.29, 1.82) is 0 Å². The number of fused-ring (bicyclic) bond motifs is 5. The third kappa shape index (κ3) is 6.03. The van der Waals surface area contributed by atoms with Crippen molar-refractivity contribution in [2.75, 3.05) is 4.90 Å². The van der Waals surface area contributed by atoms with Crippen LogP contribution in [0, 0.1) is 0 Å². The molecule has 1 aromatic heterocycles. The first-order chi connectivity index (χ1) is 28.7. The molecule has 11 rings (SSSR count). The van der Waals surface area contributed by atoms with Gasteiger partial charge in [-0.1, -0.05) is 170 Å². The summed E-state index contributed by atoms with van der Waals surface area (Å²) < 4.78 is 2.64. The number of thiophene rings is 1. The van der Waals surface area contributed by atoms with Crippen molar-refractivity contribution in [2.45, 2.75) is 0 Å². The molecule has 0 amide bonds. The fourth-order valence-corrected chi connectivity index (χ4v) is 9.77. The molecule has 0 saturated heterocycles. The second-order valence-electron chi connectivity index (χ2n) is 14.9. The van der Waals surface area contributed by atoms with E-state index in [9.17, 15) is 0 Å². The van der Waals surface area contributed by atoms with Gasteiger partial charge < -0.3 is 4.90 Å². The van der Waals surface area contributed by atoms with Crippen LogP contribution in [0.15, 0.2) is 224 Å². The van der Waals surface area contributed by atoms with Crippen LogP contribution in [0.1, 0.15) is 0 Å². The van der Waals surface area contributed by atoms with E-state index in [4.69, 9.17) is 0 Å². The van der Waals surface area contributed by atoms with Crippen molar-refractivity contribution in [3.63, 3.8) is 0 Å². The van der Waals surface area contributed by atoms with Gasteiger partial charge in [0.2, 0.25) is 0 Å². The largest absolute Gasteiger partial charge is 0.310 e. The fraction of sp³-hybridized carbons (Fsp3) is 0. The van der Waals surface area contributed by atoms with E-state index in [1.54, 1.807) is 0 Å². The van der Waals surface area contributed by atoms with Crippen molar-refractivity contribution >= 4 is 70.1 Å². The van der Waals surface area contributed by atoms with Gasteiger partial charge in [0.15, 0.2) is 0 Å². The molecule has 0 fully saturated rings. The molecule has 0 bridgehead atoms. The number of benzene rings is 10. The number of para-hydroxylation sites is 1. The van der Waals surface area contributed by atoms with E-state index >= 15 is 0 Å². The number of hydrogen-bond donors (Lipinski definition) is 0. The third-order valence-corrected chi connectivity index (χ3v) is 12.6. The van der Waals surface area contributed by atoms with Crippen molar-refractivity contribution in [3.8, 4) is 44.5 Å². The Morgan fingerprint density at radius 2 is 0.828 bits per heavy atom. The molecule has 2 heteroatoms. The average Bonchev–Trinajstić information content (AvgIpc) is 3.69. The lowest BCUT2D eigenvalue weighted by atomic mass is 9.95. The second kappa shape index (κ2) is 14.4. The molecule has 0 radical (unpaired) electrons. The van der Waals surface area contributed by atoms with Gasteiger partial charge in [-0.25, -0.2) is 0 Å². The maximum Gasteiger partial charge on any atom is 0.0540 e. The predicted molar refractivity (Wildman–Crippen MR) is 251 cm³/mol. The van der Waals surface area contributed by atoms with E-state index in [2.05, 4.69) is 229 Å². The van der Waals surface area contributed by atoms with E-state index in [-0.39, 0.29) is 0 Å².